The van der Waals surface area contributed by atoms with Crippen LogP contribution in [0.3, 0.4) is 0 Å². The number of benzene rings is 1. The fourth-order valence-corrected chi connectivity index (χ4v) is 1.23. The van der Waals surface area contributed by atoms with Gasteiger partial charge in [-0.3, -0.25) is 20.2 Å². The summed E-state index contributed by atoms with van der Waals surface area (Å²) >= 11 is 0. The van der Waals surface area contributed by atoms with Crippen molar-refractivity contribution in [2.45, 2.75) is 0 Å². The molecule has 0 aromatic heterocycles. The molecule has 12 heteroatoms. The van der Waals surface area contributed by atoms with Crippen LogP contribution in [0.1, 0.15) is 0 Å². The highest BCUT2D eigenvalue weighted by atomic mass is 31.2. The molecule has 0 aliphatic carbocycles. The number of rotatable bonds is 6. The van der Waals surface area contributed by atoms with Gasteiger partial charge in [-0.2, -0.15) is 0 Å². The molecule has 1 aromatic rings. The molecule has 0 aliphatic heterocycles. The summed E-state index contributed by atoms with van der Waals surface area (Å²) < 4.78 is 18.9. The summed E-state index contributed by atoms with van der Waals surface area (Å²) in [4.78, 5) is 36.1. The molecule has 0 radical (unpaired) electrons. The Bertz CT molecular complexity index is 553. The van der Waals surface area contributed by atoms with Crippen molar-refractivity contribution in [3.8, 4) is 5.75 Å². The van der Waals surface area contributed by atoms with Gasteiger partial charge in [0, 0.05) is 6.07 Å². The molecule has 0 saturated heterocycles. The van der Waals surface area contributed by atoms with E-state index in [0.717, 1.165) is 12.1 Å². The molecule has 0 atom stereocenters. The fraction of sp³-hybridized carbons (Fsp3) is 0.143. The Kier molecular flexibility index (Phi) is 4.51. The third-order valence-corrected chi connectivity index (χ3v) is 2.23. The van der Waals surface area contributed by atoms with E-state index >= 15 is 0 Å². The minimum absolute atomic E-state index is 0.413. The quantitative estimate of drug-likeness (QED) is 0.336. The summed E-state index contributed by atoms with van der Waals surface area (Å²) in [7, 11) is -4.77. The molecule has 1 aromatic carbocycles. The molecule has 11 nitrogen and oxygen atoms in total. The van der Waals surface area contributed by atoms with Gasteiger partial charge in [0.25, 0.3) is 5.69 Å². The number of non-ortho nitro benzene ring substituents is 1. The molecule has 0 heterocycles. The lowest BCUT2D eigenvalue weighted by atomic mass is 10.2. The molecule has 0 amide bonds. The number of hydrogen-bond acceptors (Lipinski definition) is 7. The molecule has 0 saturated carbocycles. The minimum Gasteiger partial charge on any atom is -0.460 e. The van der Waals surface area contributed by atoms with Gasteiger partial charge in [0.15, 0.2) is 5.75 Å². The van der Waals surface area contributed by atoms with E-state index in [2.05, 4.69) is 9.26 Å². The molecule has 0 unspecified atom stereocenters. The van der Waals surface area contributed by atoms with E-state index in [4.69, 9.17) is 9.79 Å². The Labute approximate surface area is 104 Å². The van der Waals surface area contributed by atoms with Crippen LogP contribution in [0.4, 0.5) is 11.4 Å². The number of phosphoric acid groups is 1. The zero-order chi connectivity index (χ0) is 14.6. The average Bonchev–Trinajstić information content (AvgIpc) is 2.27. The SMILES string of the molecule is O=[N+]([O-])c1ccc(OCOP(=O)(O)O)c([N+](=O)[O-])c1. The van der Waals surface area contributed by atoms with Crippen molar-refractivity contribution in [2.75, 3.05) is 6.79 Å². The number of nitrogens with zero attached hydrogens (tertiary/aromatic N) is 2. The van der Waals surface area contributed by atoms with Crippen LogP contribution in [0, 0.1) is 20.2 Å². The lowest BCUT2D eigenvalue weighted by Gasteiger charge is -2.07. The molecule has 0 fully saturated rings. The van der Waals surface area contributed by atoms with Crippen molar-refractivity contribution in [2.24, 2.45) is 0 Å². The van der Waals surface area contributed by atoms with Crippen LogP contribution in [0.15, 0.2) is 18.2 Å². The van der Waals surface area contributed by atoms with Gasteiger partial charge >= 0.3 is 13.5 Å². The van der Waals surface area contributed by atoms with Crippen LogP contribution in [0.2, 0.25) is 0 Å². The van der Waals surface area contributed by atoms with Gasteiger partial charge in [0.05, 0.1) is 15.9 Å². The van der Waals surface area contributed by atoms with Gasteiger partial charge in [0.2, 0.25) is 6.79 Å². The number of nitro benzene ring substituents is 2. The fourth-order valence-electron chi connectivity index (χ4n) is 1.04. The lowest BCUT2D eigenvalue weighted by molar-refractivity contribution is -0.394. The van der Waals surface area contributed by atoms with E-state index in [9.17, 15) is 24.8 Å². The van der Waals surface area contributed by atoms with E-state index in [1.54, 1.807) is 0 Å². The zero-order valence-corrected chi connectivity index (χ0v) is 9.93. The highest BCUT2D eigenvalue weighted by Gasteiger charge is 2.21. The van der Waals surface area contributed by atoms with Crippen molar-refractivity contribution in [1.82, 2.24) is 0 Å². The Morgan fingerprint density at radius 1 is 1.21 bits per heavy atom. The number of hydrogen-bond donors (Lipinski definition) is 2. The maximum Gasteiger partial charge on any atom is 0.472 e. The van der Waals surface area contributed by atoms with Gasteiger partial charge in [-0.05, 0) is 6.07 Å². The number of ether oxygens (including phenoxy) is 1. The molecule has 2 N–H and O–H groups in total. The van der Waals surface area contributed by atoms with Crippen LogP contribution >= 0.6 is 7.82 Å². The predicted molar refractivity (Wildman–Crippen MR) is 58.4 cm³/mol. The molecule has 19 heavy (non-hydrogen) atoms. The Morgan fingerprint density at radius 3 is 2.32 bits per heavy atom. The molecule has 0 bridgehead atoms. The second-order valence-electron chi connectivity index (χ2n) is 3.05. The monoisotopic (exact) mass is 294 g/mol. The first-order chi connectivity index (χ1) is 8.70. The molecule has 0 aliphatic rings. The maximum atomic E-state index is 10.7. The lowest BCUT2D eigenvalue weighted by Crippen LogP contribution is -2.03. The predicted octanol–water partition coefficient (Wildman–Crippen LogP) is 0.949. The van der Waals surface area contributed by atoms with Crippen molar-refractivity contribution in [3.63, 3.8) is 0 Å². The molecule has 104 valence electrons. The van der Waals surface area contributed by atoms with E-state index in [0.29, 0.717) is 6.07 Å². The first-order valence-corrected chi connectivity index (χ1v) is 5.99. The summed E-state index contributed by atoms with van der Waals surface area (Å²) in [5, 5.41) is 21.1. The van der Waals surface area contributed by atoms with E-state index in [1.165, 1.54) is 0 Å². The van der Waals surface area contributed by atoms with Gasteiger partial charge < -0.3 is 14.5 Å². The van der Waals surface area contributed by atoms with Crippen LogP contribution in [-0.4, -0.2) is 26.4 Å². The normalized spacial score (nSPS) is 11.1. The average molecular weight is 294 g/mol. The largest absolute Gasteiger partial charge is 0.472 e. The van der Waals surface area contributed by atoms with E-state index in [1.807, 2.05) is 0 Å². The molecule has 0 spiro atoms. The van der Waals surface area contributed by atoms with Crippen LogP contribution in [-0.2, 0) is 9.09 Å². The zero-order valence-electron chi connectivity index (χ0n) is 9.03. The van der Waals surface area contributed by atoms with Gasteiger partial charge in [0.1, 0.15) is 0 Å². The summed E-state index contributed by atoms with van der Waals surface area (Å²) in [5.41, 5.74) is -1.24. The maximum absolute atomic E-state index is 10.7. The van der Waals surface area contributed by atoms with Gasteiger partial charge in [-0.1, -0.05) is 0 Å². The smallest absolute Gasteiger partial charge is 0.460 e. The molecule has 1 rings (SSSR count). The Balaban J connectivity index is 2.91. The van der Waals surface area contributed by atoms with Gasteiger partial charge in [-0.15, -0.1) is 0 Å². The first kappa shape index (κ1) is 15.0. The first-order valence-electron chi connectivity index (χ1n) is 4.46. The Morgan fingerprint density at radius 2 is 1.84 bits per heavy atom. The highest BCUT2D eigenvalue weighted by Crippen LogP contribution is 2.36. The van der Waals surface area contributed by atoms with Crippen LogP contribution in [0.25, 0.3) is 0 Å². The summed E-state index contributed by atoms with van der Waals surface area (Å²) in [6.07, 6.45) is 0. The highest BCUT2D eigenvalue weighted by molar-refractivity contribution is 7.46. The van der Waals surface area contributed by atoms with Crippen molar-refractivity contribution in [1.29, 1.82) is 0 Å². The molecular weight excluding hydrogens is 287 g/mol. The second-order valence-corrected chi connectivity index (χ2v) is 4.29. The summed E-state index contributed by atoms with van der Waals surface area (Å²) in [5.74, 6) is -0.413. The third-order valence-electron chi connectivity index (χ3n) is 1.79. The standard InChI is InChI=1S/C7H7N2O9P/c10-8(11)5-1-2-7(6(3-5)9(12)13)17-4-18-19(14,15)16/h1-3H,4H2,(H2,14,15,16). The second kappa shape index (κ2) is 5.71. The van der Waals surface area contributed by atoms with E-state index in [-0.39, 0.29) is 0 Å². The van der Waals surface area contributed by atoms with E-state index < -0.39 is 41.6 Å². The molecular formula is C7H7N2O9P. The summed E-state index contributed by atoms with van der Waals surface area (Å²) in [6.45, 7) is -0.942. The number of nitro groups is 2. The topological polar surface area (TPSA) is 162 Å². The Hall–Kier alpha value is -2.07. The van der Waals surface area contributed by atoms with Gasteiger partial charge in [-0.25, -0.2) is 9.09 Å². The van der Waals surface area contributed by atoms with Crippen molar-refractivity contribution < 1.29 is 33.5 Å². The number of phosphoric ester groups is 1. The van der Waals surface area contributed by atoms with Crippen LogP contribution in [0.5, 0.6) is 5.75 Å². The third kappa shape index (κ3) is 4.60. The minimum atomic E-state index is -4.77. The van der Waals surface area contributed by atoms with Crippen LogP contribution < -0.4 is 4.74 Å². The van der Waals surface area contributed by atoms with Crippen molar-refractivity contribution >= 4 is 19.2 Å². The summed E-state index contributed by atoms with van der Waals surface area (Å²) in [6, 6.07) is 2.53. The van der Waals surface area contributed by atoms with Crippen molar-refractivity contribution in [3.05, 3.63) is 38.4 Å².